The van der Waals surface area contributed by atoms with Gasteiger partial charge in [0, 0.05) is 24.8 Å². The Morgan fingerprint density at radius 1 is 1.12 bits per heavy atom. The molecule has 0 aromatic carbocycles. The van der Waals surface area contributed by atoms with Gasteiger partial charge in [0.1, 0.15) is 0 Å². The Kier molecular flexibility index (Phi) is 4.59. The van der Waals surface area contributed by atoms with Crippen LogP contribution in [0.5, 0.6) is 0 Å². The summed E-state index contributed by atoms with van der Waals surface area (Å²) in [4.78, 5) is 19.9. The van der Waals surface area contributed by atoms with Gasteiger partial charge in [-0.05, 0) is 32.1 Å². The average molecular weight is 345 g/mol. The van der Waals surface area contributed by atoms with Crippen LogP contribution in [0.2, 0.25) is 0 Å². The third-order valence-electron chi connectivity index (χ3n) is 6.79. The van der Waals surface area contributed by atoms with Gasteiger partial charge in [-0.1, -0.05) is 46.0 Å². The molecule has 25 heavy (non-hydrogen) atoms. The van der Waals surface area contributed by atoms with Crippen LogP contribution in [0.1, 0.15) is 90.3 Å². The van der Waals surface area contributed by atoms with Crippen LogP contribution >= 0.6 is 0 Å². The summed E-state index contributed by atoms with van der Waals surface area (Å²) in [6.07, 6.45) is 13.6. The number of anilines is 1. The lowest BCUT2D eigenvalue weighted by atomic mass is 9.64. The summed E-state index contributed by atoms with van der Waals surface area (Å²) < 4.78 is 2.23. The fourth-order valence-electron chi connectivity index (χ4n) is 5.68. The lowest BCUT2D eigenvalue weighted by molar-refractivity contribution is -0.121. The first kappa shape index (κ1) is 17.0. The van der Waals surface area contributed by atoms with E-state index in [1.165, 1.54) is 51.4 Å². The standard InChI is InChI=1S/C20H32N4O/c1-3-10-18(25)23-16-12-7-6-11-15(16)20(13-8-5-9-14-20)24-19(23)21-17(4-2)22-24/h15-16H,3-14H2,1-2H3/t15-,16+/m1/s1. The molecule has 138 valence electrons. The summed E-state index contributed by atoms with van der Waals surface area (Å²) in [6, 6.07) is 0.340. The Morgan fingerprint density at radius 3 is 2.60 bits per heavy atom. The van der Waals surface area contributed by atoms with Crippen molar-refractivity contribution >= 4 is 11.9 Å². The van der Waals surface area contributed by atoms with Crippen molar-refractivity contribution in [2.45, 2.75) is 102 Å². The molecule has 0 saturated heterocycles. The summed E-state index contributed by atoms with van der Waals surface area (Å²) in [5.74, 6) is 2.57. The molecule has 0 radical (unpaired) electrons. The van der Waals surface area contributed by atoms with Crippen molar-refractivity contribution in [3.8, 4) is 0 Å². The quantitative estimate of drug-likeness (QED) is 0.825. The Morgan fingerprint density at radius 2 is 1.88 bits per heavy atom. The minimum Gasteiger partial charge on any atom is -0.277 e. The van der Waals surface area contributed by atoms with Crippen LogP contribution in [0.3, 0.4) is 0 Å². The first-order chi connectivity index (χ1) is 12.2. The van der Waals surface area contributed by atoms with E-state index in [0.717, 1.165) is 31.0 Å². The number of hydrogen-bond donors (Lipinski definition) is 0. The molecule has 1 aromatic heterocycles. The van der Waals surface area contributed by atoms with E-state index in [-0.39, 0.29) is 11.4 Å². The second kappa shape index (κ2) is 6.73. The molecule has 0 N–H and O–H groups in total. The van der Waals surface area contributed by atoms with Gasteiger partial charge in [-0.15, -0.1) is 0 Å². The minimum absolute atomic E-state index is 0.113. The predicted molar refractivity (Wildman–Crippen MR) is 98.6 cm³/mol. The number of aryl methyl sites for hydroxylation is 1. The number of carbonyl (C=O) groups excluding carboxylic acids is 1. The fourth-order valence-corrected chi connectivity index (χ4v) is 5.68. The Bertz CT molecular complexity index is 632. The van der Waals surface area contributed by atoms with Crippen molar-refractivity contribution in [3.63, 3.8) is 0 Å². The summed E-state index contributed by atoms with van der Waals surface area (Å²) in [6.45, 7) is 4.20. The molecule has 2 fully saturated rings. The first-order valence-electron chi connectivity index (χ1n) is 10.5. The molecule has 2 aliphatic carbocycles. The van der Waals surface area contributed by atoms with E-state index in [1.54, 1.807) is 0 Å². The van der Waals surface area contributed by atoms with Crippen LogP contribution in [-0.4, -0.2) is 26.7 Å². The van der Waals surface area contributed by atoms with Gasteiger partial charge in [0.15, 0.2) is 5.82 Å². The number of aromatic nitrogens is 3. The Balaban J connectivity index is 1.85. The van der Waals surface area contributed by atoms with Crippen LogP contribution in [0.25, 0.3) is 0 Å². The molecule has 1 spiro atoms. The highest BCUT2D eigenvalue weighted by atomic mass is 16.2. The van der Waals surface area contributed by atoms with E-state index < -0.39 is 0 Å². The minimum atomic E-state index is 0.113. The van der Waals surface area contributed by atoms with Crippen LogP contribution in [0.15, 0.2) is 0 Å². The zero-order valence-corrected chi connectivity index (χ0v) is 15.8. The van der Waals surface area contributed by atoms with Crippen LogP contribution < -0.4 is 4.90 Å². The predicted octanol–water partition coefficient (Wildman–Crippen LogP) is 4.21. The van der Waals surface area contributed by atoms with Gasteiger partial charge >= 0.3 is 0 Å². The number of carbonyl (C=O) groups is 1. The molecule has 0 bridgehead atoms. The highest BCUT2D eigenvalue weighted by molar-refractivity contribution is 5.92. The molecule has 4 rings (SSSR count). The fraction of sp³-hybridized carbons (Fsp3) is 0.850. The maximum absolute atomic E-state index is 13.0. The van der Waals surface area contributed by atoms with Gasteiger partial charge in [-0.2, -0.15) is 10.1 Å². The second-order valence-corrected chi connectivity index (χ2v) is 8.23. The smallest absolute Gasteiger partial charge is 0.231 e. The highest BCUT2D eigenvalue weighted by Crippen LogP contribution is 2.52. The summed E-state index contributed by atoms with van der Waals surface area (Å²) in [7, 11) is 0. The largest absolute Gasteiger partial charge is 0.277 e. The molecule has 1 aromatic rings. The first-order valence-corrected chi connectivity index (χ1v) is 10.5. The summed E-state index contributed by atoms with van der Waals surface area (Å²) in [5, 5.41) is 4.94. The maximum Gasteiger partial charge on any atom is 0.231 e. The number of amides is 1. The SMILES string of the molecule is CCCC(=O)N1c2nc(CC)nn2C2(CCCCC2)[C@@H]2CCCC[C@@H]21. The molecule has 0 unspecified atom stereocenters. The van der Waals surface area contributed by atoms with E-state index in [2.05, 4.69) is 23.4 Å². The monoisotopic (exact) mass is 344 g/mol. The normalized spacial score (nSPS) is 27.8. The molecule has 2 heterocycles. The zero-order chi connectivity index (χ0) is 17.4. The lowest BCUT2D eigenvalue weighted by Crippen LogP contribution is -2.61. The summed E-state index contributed by atoms with van der Waals surface area (Å²) in [5.41, 5.74) is 0.113. The molecule has 5 heteroatoms. The van der Waals surface area contributed by atoms with E-state index in [0.29, 0.717) is 18.4 Å². The number of nitrogens with zero attached hydrogens (tertiary/aromatic N) is 4. The third kappa shape index (κ3) is 2.61. The topological polar surface area (TPSA) is 51.0 Å². The molecule has 5 nitrogen and oxygen atoms in total. The van der Waals surface area contributed by atoms with Crippen molar-refractivity contribution in [2.75, 3.05) is 4.90 Å². The lowest BCUT2D eigenvalue weighted by Gasteiger charge is -2.55. The van der Waals surface area contributed by atoms with Gasteiger partial charge in [-0.3, -0.25) is 9.69 Å². The van der Waals surface area contributed by atoms with Gasteiger partial charge in [0.25, 0.3) is 0 Å². The second-order valence-electron chi connectivity index (χ2n) is 8.23. The number of hydrogen-bond acceptors (Lipinski definition) is 3. The van der Waals surface area contributed by atoms with Crippen molar-refractivity contribution in [3.05, 3.63) is 5.82 Å². The highest BCUT2D eigenvalue weighted by Gasteiger charge is 2.54. The molecule has 2 saturated carbocycles. The van der Waals surface area contributed by atoms with E-state index in [9.17, 15) is 4.79 Å². The molecule has 1 aliphatic heterocycles. The van der Waals surface area contributed by atoms with E-state index in [1.807, 2.05) is 0 Å². The Labute approximate surface area is 151 Å². The van der Waals surface area contributed by atoms with Crippen molar-refractivity contribution < 1.29 is 4.79 Å². The van der Waals surface area contributed by atoms with Crippen molar-refractivity contribution in [2.24, 2.45) is 5.92 Å². The average Bonchev–Trinajstić information content (AvgIpc) is 3.08. The van der Waals surface area contributed by atoms with Gasteiger partial charge in [-0.25, -0.2) is 4.68 Å². The third-order valence-corrected chi connectivity index (χ3v) is 6.79. The van der Waals surface area contributed by atoms with Gasteiger partial charge in [0.05, 0.1) is 5.54 Å². The summed E-state index contributed by atoms with van der Waals surface area (Å²) >= 11 is 0. The zero-order valence-electron chi connectivity index (χ0n) is 15.8. The van der Waals surface area contributed by atoms with Crippen LogP contribution in [0, 0.1) is 5.92 Å². The molecular weight excluding hydrogens is 312 g/mol. The van der Waals surface area contributed by atoms with Crippen LogP contribution in [-0.2, 0) is 16.8 Å². The molecule has 3 aliphatic rings. The number of fused-ring (bicyclic) bond motifs is 4. The number of rotatable bonds is 3. The molecule has 1 amide bonds. The molecule has 2 atom stereocenters. The van der Waals surface area contributed by atoms with Gasteiger partial charge < -0.3 is 0 Å². The molecular formula is C20H32N4O. The van der Waals surface area contributed by atoms with E-state index >= 15 is 0 Å². The maximum atomic E-state index is 13.0. The van der Waals surface area contributed by atoms with Gasteiger partial charge in [0.2, 0.25) is 11.9 Å². The Hall–Kier alpha value is -1.39. The van der Waals surface area contributed by atoms with Crippen LogP contribution in [0.4, 0.5) is 5.95 Å². The van der Waals surface area contributed by atoms with Crippen molar-refractivity contribution in [1.29, 1.82) is 0 Å². The van der Waals surface area contributed by atoms with E-state index in [4.69, 9.17) is 10.1 Å². The van der Waals surface area contributed by atoms with Crippen molar-refractivity contribution in [1.82, 2.24) is 14.8 Å².